The van der Waals surface area contributed by atoms with Crippen LogP contribution in [-0.4, -0.2) is 23.7 Å². The number of hydrogen-bond donors (Lipinski definition) is 1. The van der Waals surface area contributed by atoms with Crippen LogP contribution in [0.2, 0.25) is 0 Å². The second-order valence-electron chi connectivity index (χ2n) is 4.96. The normalized spacial score (nSPS) is 10.8. The van der Waals surface area contributed by atoms with Gasteiger partial charge >= 0.3 is 5.97 Å². The maximum Gasteiger partial charge on any atom is 0.337 e. The summed E-state index contributed by atoms with van der Waals surface area (Å²) >= 11 is 3.43. The number of hydrogen-bond acceptors (Lipinski definition) is 2. The Morgan fingerprint density at radius 2 is 2.05 bits per heavy atom. The first-order chi connectivity index (χ1) is 8.97. The van der Waals surface area contributed by atoms with E-state index in [0.29, 0.717) is 5.56 Å². The topological polar surface area (TPSA) is 40.5 Å². The average Bonchev–Trinajstić information content (AvgIpc) is 2.33. The van der Waals surface area contributed by atoms with Crippen molar-refractivity contribution >= 4 is 27.6 Å². The average molecular weight is 328 g/mol. The van der Waals surface area contributed by atoms with E-state index >= 15 is 0 Å². The Labute approximate surface area is 123 Å². The number of carboxylic acids is 1. The Bertz CT molecular complexity index is 432. The lowest BCUT2D eigenvalue weighted by molar-refractivity contribution is 0.0697. The zero-order valence-electron chi connectivity index (χ0n) is 11.8. The van der Waals surface area contributed by atoms with Crippen molar-refractivity contribution in [3.05, 3.63) is 28.2 Å². The molecule has 1 rings (SSSR count). The molecule has 1 N–H and O–H groups in total. The standard InChI is InChI=1S/C15H22BrNO2/c1-4-5-6-9-17(11(2)3)14-10-12(16)7-8-13(14)15(18)19/h7-8,10-11H,4-6,9H2,1-3H3,(H,18,19). The number of rotatable bonds is 7. The van der Waals surface area contributed by atoms with Gasteiger partial charge in [-0.05, 0) is 38.5 Å². The third-order valence-corrected chi connectivity index (χ3v) is 3.62. The highest BCUT2D eigenvalue weighted by Crippen LogP contribution is 2.27. The van der Waals surface area contributed by atoms with Crippen LogP contribution in [0.15, 0.2) is 22.7 Å². The first kappa shape index (κ1) is 16.0. The molecule has 0 amide bonds. The van der Waals surface area contributed by atoms with Crippen molar-refractivity contribution in [1.82, 2.24) is 0 Å². The number of nitrogens with zero attached hydrogens (tertiary/aromatic N) is 1. The van der Waals surface area contributed by atoms with Crippen molar-refractivity contribution in [1.29, 1.82) is 0 Å². The number of carbonyl (C=O) groups is 1. The largest absolute Gasteiger partial charge is 0.478 e. The smallest absolute Gasteiger partial charge is 0.337 e. The zero-order valence-corrected chi connectivity index (χ0v) is 13.4. The van der Waals surface area contributed by atoms with Crippen molar-refractivity contribution in [2.45, 2.75) is 46.1 Å². The van der Waals surface area contributed by atoms with E-state index in [1.54, 1.807) is 12.1 Å². The van der Waals surface area contributed by atoms with Gasteiger partial charge in [-0.2, -0.15) is 0 Å². The summed E-state index contributed by atoms with van der Waals surface area (Å²) < 4.78 is 0.911. The fraction of sp³-hybridized carbons (Fsp3) is 0.533. The highest BCUT2D eigenvalue weighted by molar-refractivity contribution is 9.10. The van der Waals surface area contributed by atoms with Crippen LogP contribution in [0.5, 0.6) is 0 Å². The molecule has 0 spiro atoms. The molecule has 19 heavy (non-hydrogen) atoms. The fourth-order valence-corrected chi connectivity index (χ4v) is 2.46. The van der Waals surface area contributed by atoms with Crippen LogP contribution in [0.25, 0.3) is 0 Å². The van der Waals surface area contributed by atoms with Gasteiger partial charge in [0, 0.05) is 17.1 Å². The lowest BCUT2D eigenvalue weighted by Crippen LogP contribution is -2.33. The summed E-state index contributed by atoms with van der Waals surface area (Å²) in [5.41, 5.74) is 1.17. The van der Waals surface area contributed by atoms with E-state index in [9.17, 15) is 9.90 Å². The maximum absolute atomic E-state index is 11.3. The molecule has 3 nitrogen and oxygen atoms in total. The minimum atomic E-state index is -0.872. The molecule has 0 atom stereocenters. The molecular weight excluding hydrogens is 306 g/mol. The van der Waals surface area contributed by atoms with Crippen molar-refractivity contribution in [2.75, 3.05) is 11.4 Å². The summed E-state index contributed by atoms with van der Waals surface area (Å²) in [5, 5.41) is 9.32. The van der Waals surface area contributed by atoms with Gasteiger partial charge in [0.1, 0.15) is 0 Å². The number of halogens is 1. The summed E-state index contributed by atoms with van der Waals surface area (Å²) in [6, 6.07) is 5.62. The van der Waals surface area contributed by atoms with Crippen LogP contribution in [-0.2, 0) is 0 Å². The number of aromatic carboxylic acids is 1. The fourth-order valence-electron chi connectivity index (χ4n) is 2.11. The lowest BCUT2D eigenvalue weighted by Gasteiger charge is -2.30. The number of unbranched alkanes of at least 4 members (excludes halogenated alkanes) is 2. The van der Waals surface area contributed by atoms with Crippen molar-refractivity contribution in [3.63, 3.8) is 0 Å². The molecule has 0 bridgehead atoms. The van der Waals surface area contributed by atoms with E-state index in [4.69, 9.17) is 0 Å². The molecule has 0 aliphatic rings. The number of carboxylic acid groups (broad SMARTS) is 1. The van der Waals surface area contributed by atoms with Crippen molar-refractivity contribution in [2.24, 2.45) is 0 Å². The SMILES string of the molecule is CCCCCN(c1cc(Br)ccc1C(=O)O)C(C)C. The highest BCUT2D eigenvalue weighted by atomic mass is 79.9. The Kier molecular flexibility index (Phi) is 6.35. The Morgan fingerprint density at radius 1 is 1.37 bits per heavy atom. The van der Waals surface area contributed by atoms with Crippen LogP contribution < -0.4 is 4.90 Å². The third-order valence-electron chi connectivity index (χ3n) is 3.13. The van der Waals surface area contributed by atoms with Crippen LogP contribution in [0.3, 0.4) is 0 Å². The predicted molar refractivity (Wildman–Crippen MR) is 83.1 cm³/mol. The van der Waals surface area contributed by atoms with Crippen LogP contribution in [0.4, 0.5) is 5.69 Å². The van der Waals surface area contributed by atoms with E-state index in [1.165, 1.54) is 6.42 Å². The molecule has 0 radical (unpaired) electrons. The van der Waals surface area contributed by atoms with Gasteiger partial charge in [-0.1, -0.05) is 35.7 Å². The number of benzene rings is 1. The molecule has 0 aliphatic carbocycles. The lowest BCUT2D eigenvalue weighted by atomic mass is 10.1. The molecule has 0 fully saturated rings. The van der Waals surface area contributed by atoms with E-state index in [2.05, 4.69) is 41.6 Å². The predicted octanol–water partition coefficient (Wildman–Crippen LogP) is 4.55. The second-order valence-corrected chi connectivity index (χ2v) is 5.88. The summed E-state index contributed by atoms with van der Waals surface area (Å²) in [5.74, 6) is -0.872. The molecular formula is C15H22BrNO2. The molecule has 1 aromatic carbocycles. The van der Waals surface area contributed by atoms with Gasteiger partial charge in [-0.15, -0.1) is 0 Å². The van der Waals surface area contributed by atoms with Crippen LogP contribution >= 0.6 is 15.9 Å². The van der Waals surface area contributed by atoms with E-state index in [-0.39, 0.29) is 6.04 Å². The second kappa shape index (κ2) is 7.53. The highest BCUT2D eigenvalue weighted by Gasteiger charge is 2.18. The van der Waals surface area contributed by atoms with Gasteiger partial charge in [0.2, 0.25) is 0 Å². The molecule has 4 heteroatoms. The molecule has 106 valence electrons. The van der Waals surface area contributed by atoms with Crippen LogP contribution in [0.1, 0.15) is 50.4 Å². The molecule has 0 aliphatic heterocycles. The van der Waals surface area contributed by atoms with Gasteiger partial charge in [0.25, 0.3) is 0 Å². The van der Waals surface area contributed by atoms with Gasteiger partial charge in [-0.3, -0.25) is 0 Å². The minimum Gasteiger partial charge on any atom is -0.478 e. The van der Waals surface area contributed by atoms with Gasteiger partial charge in [0.15, 0.2) is 0 Å². The van der Waals surface area contributed by atoms with Crippen molar-refractivity contribution in [3.8, 4) is 0 Å². The first-order valence-corrected chi connectivity index (χ1v) is 7.56. The molecule has 1 aromatic rings. The molecule has 0 saturated carbocycles. The summed E-state index contributed by atoms with van der Waals surface area (Å²) in [6.45, 7) is 7.25. The van der Waals surface area contributed by atoms with E-state index < -0.39 is 5.97 Å². The van der Waals surface area contributed by atoms with Gasteiger partial charge in [0.05, 0.1) is 11.3 Å². The molecule has 0 heterocycles. The molecule has 0 unspecified atom stereocenters. The van der Waals surface area contributed by atoms with Crippen LogP contribution in [0, 0.1) is 0 Å². The molecule has 0 aromatic heterocycles. The summed E-state index contributed by atoms with van der Waals surface area (Å²) in [6.07, 6.45) is 3.41. The van der Waals surface area contributed by atoms with Gasteiger partial charge < -0.3 is 10.0 Å². The van der Waals surface area contributed by atoms with Gasteiger partial charge in [-0.25, -0.2) is 4.79 Å². The first-order valence-electron chi connectivity index (χ1n) is 6.76. The summed E-state index contributed by atoms with van der Waals surface area (Å²) in [4.78, 5) is 13.5. The Morgan fingerprint density at radius 3 is 2.58 bits per heavy atom. The van der Waals surface area contributed by atoms with E-state index in [1.807, 2.05) is 6.07 Å². The van der Waals surface area contributed by atoms with E-state index in [0.717, 1.165) is 29.5 Å². The Hall–Kier alpha value is -1.03. The molecule has 0 saturated heterocycles. The van der Waals surface area contributed by atoms with Crippen molar-refractivity contribution < 1.29 is 9.90 Å². The summed E-state index contributed by atoms with van der Waals surface area (Å²) in [7, 11) is 0. The number of anilines is 1. The monoisotopic (exact) mass is 327 g/mol. The Balaban J connectivity index is 3.06. The minimum absolute atomic E-state index is 0.282. The quantitative estimate of drug-likeness (QED) is 0.746. The third kappa shape index (κ3) is 4.53. The maximum atomic E-state index is 11.3. The zero-order chi connectivity index (χ0) is 14.4.